The van der Waals surface area contributed by atoms with Crippen molar-refractivity contribution in [1.29, 1.82) is 0 Å². The fourth-order valence-electron chi connectivity index (χ4n) is 2.75. The van der Waals surface area contributed by atoms with E-state index in [1.165, 1.54) is 6.20 Å². The summed E-state index contributed by atoms with van der Waals surface area (Å²) in [5.74, 6) is -2.69. The van der Waals surface area contributed by atoms with Gasteiger partial charge in [0.1, 0.15) is 11.1 Å². The highest BCUT2D eigenvalue weighted by atomic mass is 35.5. The quantitative estimate of drug-likeness (QED) is 0.865. The van der Waals surface area contributed by atoms with Crippen LogP contribution in [0.4, 0.5) is 19.3 Å². The number of nitrogens with one attached hydrogen (secondary N) is 2. The maximum Gasteiger partial charge on any atom is 0.407 e. The third-order valence-electron chi connectivity index (χ3n) is 3.95. The van der Waals surface area contributed by atoms with Gasteiger partial charge >= 0.3 is 6.09 Å². The van der Waals surface area contributed by atoms with Gasteiger partial charge in [-0.1, -0.05) is 11.6 Å². The Balaban J connectivity index is 1.51. The number of hydrogen-bond acceptors (Lipinski definition) is 5. The highest BCUT2D eigenvalue weighted by Gasteiger charge is 2.46. The van der Waals surface area contributed by atoms with Crippen LogP contribution in [0.3, 0.4) is 0 Å². The van der Waals surface area contributed by atoms with Gasteiger partial charge in [-0.3, -0.25) is 4.79 Å². The molecule has 7 nitrogen and oxygen atoms in total. The molecule has 2 aliphatic rings. The molecule has 1 saturated carbocycles. The fourth-order valence-corrected chi connectivity index (χ4v) is 2.96. The molecule has 2 heterocycles. The van der Waals surface area contributed by atoms with Gasteiger partial charge in [0.2, 0.25) is 0 Å². The maximum absolute atomic E-state index is 12.7. The lowest BCUT2D eigenvalue weighted by atomic mass is 9.88. The summed E-state index contributed by atoms with van der Waals surface area (Å²) in [5, 5.41) is 8.37. The number of aromatic amines is 1. The molecule has 1 aliphatic carbocycles. The number of carbonyl (C=O) groups excluding carboxylic acids is 1. The van der Waals surface area contributed by atoms with Crippen molar-refractivity contribution in [1.82, 2.24) is 15.5 Å². The molecule has 2 fully saturated rings. The van der Waals surface area contributed by atoms with Crippen molar-refractivity contribution >= 4 is 23.4 Å². The highest BCUT2D eigenvalue weighted by Crippen LogP contribution is 2.37. The number of alkyl halides is 2. The van der Waals surface area contributed by atoms with Crippen LogP contribution in [0.15, 0.2) is 11.0 Å². The van der Waals surface area contributed by atoms with Gasteiger partial charge in [-0.2, -0.15) is 5.10 Å². The molecule has 23 heavy (non-hydrogen) atoms. The largest absolute Gasteiger partial charge is 0.444 e. The van der Waals surface area contributed by atoms with Crippen LogP contribution in [-0.2, 0) is 4.74 Å². The first-order valence-corrected chi connectivity index (χ1v) is 7.55. The Morgan fingerprint density at radius 2 is 2.26 bits per heavy atom. The van der Waals surface area contributed by atoms with Gasteiger partial charge in [0, 0.05) is 31.8 Å². The number of ether oxygens (including phenoxy) is 1. The Morgan fingerprint density at radius 3 is 2.96 bits per heavy atom. The van der Waals surface area contributed by atoms with Crippen molar-refractivity contribution in [2.45, 2.75) is 37.3 Å². The van der Waals surface area contributed by atoms with E-state index in [9.17, 15) is 18.4 Å². The Morgan fingerprint density at radius 1 is 1.52 bits per heavy atom. The highest BCUT2D eigenvalue weighted by molar-refractivity contribution is 6.33. The second-order valence-corrected chi connectivity index (χ2v) is 6.14. The summed E-state index contributed by atoms with van der Waals surface area (Å²) in [6, 6.07) is -0.540. The maximum atomic E-state index is 12.7. The lowest BCUT2D eigenvalue weighted by Gasteiger charge is -2.35. The van der Waals surface area contributed by atoms with E-state index in [0.29, 0.717) is 25.2 Å². The molecular weight excluding hydrogens is 334 g/mol. The van der Waals surface area contributed by atoms with Gasteiger partial charge < -0.3 is 15.0 Å². The first kappa shape index (κ1) is 16.0. The molecule has 126 valence electrons. The number of halogens is 3. The van der Waals surface area contributed by atoms with Crippen molar-refractivity contribution in [3.8, 4) is 0 Å². The van der Waals surface area contributed by atoms with Crippen molar-refractivity contribution in [3.63, 3.8) is 0 Å². The van der Waals surface area contributed by atoms with E-state index in [4.69, 9.17) is 16.3 Å². The van der Waals surface area contributed by atoms with Gasteiger partial charge in [-0.15, -0.1) is 0 Å². The van der Waals surface area contributed by atoms with Crippen molar-refractivity contribution in [3.05, 3.63) is 21.6 Å². The SMILES string of the molecule is O=C(NC1CC(F)(F)C1)O[C@@H]1CCN(c2cn[nH]c(=O)c2Cl)C1. The van der Waals surface area contributed by atoms with Gasteiger partial charge in [0.15, 0.2) is 0 Å². The summed E-state index contributed by atoms with van der Waals surface area (Å²) in [6.45, 7) is 0.906. The van der Waals surface area contributed by atoms with E-state index >= 15 is 0 Å². The average molecular weight is 349 g/mol. The number of hydrogen-bond donors (Lipinski definition) is 2. The van der Waals surface area contributed by atoms with E-state index in [2.05, 4.69) is 15.5 Å². The van der Waals surface area contributed by atoms with E-state index in [1.807, 2.05) is 0 Å². The van der Waals surface area contributed by atoms with Crippen LogP contribution in [0.5, 0.6) is 0 Å². The zero-order valence-corrected chi connectivity index (χ0v) is 12.8. The standard InChI is InChI=1S/C13H15ClF2N4O3/c14-10-9(5-17-19-11(10)21)20-2-1-8(6-20)23-12(22)18-7-3-13(15,16)4-7/h5,7-8H,1-4,6H2,(H,18,22)(H,19,21)/t8-/m1/s1. The van der Waals surface area contributed by atoms with E-state index in [1.54, 1.807) is 4.90 Å². The van der Waals surface area contributed by atoms with Crippen LogP contribution in [0.25, 0.3) is 0 Å². The summed E-state index contributed by atoms with van der Waals surface area (Å²) < 4.78 is 30.6. The number of carbonyl (C=O) groups is 1. The molecule has 1 atom stereocenters. The Labute approximate surface area is 134 Å². The Hall–Kier alpha value is -1.90. The van der Waals surface area contributed by atoms with Crippen LogP contribution in [0.2, 0.25) is 5.02 Å². The third kappa shape index (κ3) is 3.54. The zero-order valence-electron chi connectivity index (χ0n) is 12.0. The van der Waals surface area contributed by atoms with E-state index in [-0.39, 0.29) is 17.9 Å². The Bertz CT molecular complexity index is 661. The molecule has 1 amide bonds. The second-order valence-electron chi connectivity index (χ2n) is 5.77. The fraction of sp³-hybridized carbons (Fsp3) is 0.615. The van der Waals surface area contributed by atoms with Crippen molar-refractivity contribution in [2.75, 3.05) is 18.0 Å². The number of H-pyrrole nitrogens is 1. The molecule has 0 unspecified atom stereocenters. The monoisotopic (exact) mass is 348 g/mol. The molecule has 0 spiro atoms. The second kappa shape index (κ2) is 5.95. The zero-order chi connectivity index (χ0) is 16.6. The molecule has 1 aromatic rings. The smallest absolute Gasteiger partial charge is 0.407 e. The van der Waals surface area contributed by atoms with Crippen molar-refractivity contribution in [2.24, 2.45) is 0 Å². The summed E-state index contributed by atoms with van der Waals surface area (Å²) in [4.78, 5) is 24.9. The van der Waals surface area contributed by atoms with Crippen LogP contribution in [0, 0.1) is 0 Å². The first-order valence-electron chi connectivity index (χ1n) is 7.17. The average Bonchev–Trinajstić information content (AvgIpc) is 2.88. The Kier molecular flexibility index (Phi) is 4.13. The molecular formula is C13H15ClF2N4O3. The normalized spacial score (nSPS) is 23.4. The molecule has 1 aromatic heterocycles. The number of alkyl carbamates (subject to hydrolysis) is 1. The first-order chi connectivity index (χ1) is 10.8. The summed E-state index contributed by atoms with van der Waals surface area (Å²) in [5.41, 5.74) is -0.0160. The summed E-state index contributed by atoms with van der Waals surface area (Å²) in [6.07, 6.45) is 0.179. The molecule has 2 N–H and O–H groups in total. The molecule has 10 heteroatoms. The number of amides is 1. The van der Waals surface area contributed by atoms with Gasteiger partial charge in [-0.25, -0.2) is 18.7 Å². The lowest BCUT2D eigenvalue weighted by Crippen LogP contribution is -2.51. The van der Waals surface area contributed by atoms with E-state index < -0.39 is 29.7 Å². The van der Waals surface area contributed by atoms with Crippen molar-refractivity contribution < 1.29 is 18.3 Å². The van der Waals surface area contributed by atoms with Crippen LogP contribution < -0.4 is 15.8 Å². The van der Waals surface area contributed by atoms with Crippen LogP contribution >= 0.6 is 11.6 Å². The molecule has 3 rings (SSSR count). The molecule has 1 saturated heterocycles. The molecule has 0 radical (unpaired) electrons. The number of aromatic nitrogens is 2. The minimum absolute atomic E-state index is 0.0294. The van der Waals surface area contributed by atoms with Gasteiger partial charge in [0.05, 0.1) is 18.4 Å². The van der Waals surface area contributed by atoms with Gasteiger partial charge in [0.25, 0.3) is 11.5 Å². The molecule has 0 aromatic carbocycles. The molecule has 1 aliphatic heterocycles. The minimum Gasteiger partial charge on any atom is -0.444 e. The number of rotatable bonds is 3. The van der Waals surface area contributed by atoms with Crippen LogP contribution in [-0.4, -0.2) is 47.4 Å². The lowest BCUT2D eigenvalue weighted by molar-refractivity contribution is -0.0915. The number of anilines is 1. The van der Waals surface area contributed by atoms with Crippen LogP contribution in [0.1, 0.15) is 19.3 Å². The number of nitrogens with zero attached hydrogens (tertiary/aromatic N) is 2. The summed E-state index contributed by atoms with van der Waals surface area (Å²) in [7, 11) is 0. The predicted octanol–water partition coefficient (Wildman–Crippen LogP) is 1.53. The molecule has 0 bridgehead atoms. The topological polar surface area (TPSA) is 87.3 Å². The van der Waals surface area contributed by atoms with Gasteiger partial charge in [-0.05, 0) is 0 Å². The van der Waals surface area contributed by atoms with E-state index in [0.717, 1.165) is 0 Å². The summed E-state index contributed by atoms with van der Waals surface area (Å²) >= 11 is 5.93. The predicted molar refractivity (Wildman–Crippen MR) is 78.1 cm³/mol. The third-order valence-corrected chi connectivity index (χ3v) is 4.31. The minimum atomic E-state index is -2.69.